The standard InChI is InChI=1S/C19H17ClN2O2S/c1-22(2)18(23)17(14-6-4-3-5-7-14)25-19-21-12-16(24-19)13-8-10-15(20)11-9-13/h3-12,17H,1-2H3/t17-/m0/s1. The van der Waals surface area contributed by atoms with E-state index in [2.05, 4.69) is 4.98 Å². The third kappa shape index (κ3) is 4.24. The topological polar surface area (TPSA) is 46.3 Å². The lowest BCUT2D eigenvalue weighted by Crippen LogP contribution is -2.26. The van der Waals surface area contributed by atoms with E-state index >= 15 is 0 Å². The lowest BCUT2D eigenvalue weighted by atomic mass is 10.1. The first-order valence-corrected chi connectivity index (χ1v) is 8.95. The van der Waals surface area contributed by atoms with Gasteiger partial charge in [-0.1, -0.05) is 41.9 Å². The second-order valence-corrected chi connectivity index (χ2v) is 7.13. The number of nitrogens with zero attached hydrogens (tertiary/aromatic N) is 2. The predicted octanol–water partition coefficient (Wildman–Crippen LogP) is 4.92. The number of thioether (sulfide) groups is 1. The molecule has 6 heteroatoms. The number of rotatable bonds is 5. The van der Waals surface area contributed by atoms with Gasteiger partial charge in [0.25, 0.3) is 5.22 Å². The zero-order valence-corrected chi connectivity index (χ0v) is 15.4. The molecule has 0 aliphatic heterocycles. The molecule has 0 unspecified atom stereocenters. The number of carbonyl (C=O) groups excluding carboxylic acids is 1. The summed E-state index contributed by atoms with van der Waals surface area (Å²) in [5, 5.41) is 0.709. The Labute approximate surface area is 155 Å². The molecule has 2 aromatic carbocycles. The number of hydrogen-bond donors (Lipinski definition) is 0. The third-order valence-corrected chi connectivity index (χ3v) is 4.95. The smallest absolute Gasteiger partial charge is 0.257 e. The summed E-state index contributed by atoms with van der Waals surface area (Å²) in [6, 6.07) is 17.0. The van der Waals surface area contributed by atoms with Crippen molar-refractivity contribution < 1.29 is 9.21 Å². The number of hydrogen-bond acceptors (Lipinski definition) is 4. The second kappa shape index (κ2) is 7.76. The molecule has 128 valence electrons. The number of benzene rings is 2. The van der Waals surface area contributed by atoms with E-state index in [9.17, 15) is 4.79 Å². The summed E-state index contributed by atoms with van der Waals surface area (Å²) in [6.45, 7) is 0. The molecule has 1 atom stereocenters. The van der Waals surface area contributed by atoms with Crippen molar-refractivity contribution in [3.05, 3.63) is 71.4 Å². The maximum Gasteiger partial charge on any atom is 0.257 e. The summed E-state index contributed by atoms with van der Waals surface area (Å²) in [4.78, 5) is 18.5. The van der Waals surface area contributed by atoms with Crippen LogP contribution in [0.1, 0.15) is 10.8 Å². The number of carbonyl (C=O) groups is 1. The molecule has 0 saturated carbocycles. The molecular formula is C19H17ClN2O2S. The van der Waals surface area contributed by atoms with E-state index in [1.54, 1.807) is 37.3 Å². The molecule has 3 rings (SSSR count). The molecular weight excluding hydrogens is 356 g/mol. The number of halogens is 1. The van der Waals surface area contributed by atoms with Crippen LogP contribution in [0.2, 0.25) is 5.02 Å². The fourth-order valence-corrected chi connectivity index (χ4v) is 3.47. The van der Waals surface area contributed by atoms with Gasteiger partial charge in [0.05, 0.1) is 6.20 Å². The van der Waals surface area contributed by atoms with E-state index in [1.165, 1.54) is 11.8 Å². The first kappa shape index (κ1) is 17.6. The number of amides is 1. The highest BCUT2D eigenvalue weighted by atomic mass is 35.5. The normalized spacial score (nSPS) is 12.0. The van der Waals surface area contributed by atoms with Crippen molar-refractivity contribution in [3.8, 4) is 11.3 Å². The monoisotopic (exact) mass is 372 g/mol. The van der Waals surface area contributed by atoms with Crippen LogP contribution in [0.4, 0.5) is 0 Å². The van der Waals surface area contributed by atoms with Gasteiger partial charge in [0.2, 0.25) is 5.91 Å². The Hall–Kier alpha value is -2.24. The van der Waals surface area contributed by atoms with Crippen molar-refractivity contribution in [2.24, 2.45) is 0 Å². The molecule has 25 heavy (non-hydrogen) atoms. The second-order valence-electron chi connectivity index (χ2n) is 5.64. The van der Waals surface area contributed by atoms with Gasteiger partial charge >= 0.3 is 0 Å². The fraction of sp³-hybridized carbons (Fsp3) is 0.158. The van der Waals surface area contributed by atoms with Gasteiger partial charge in [-0.05, 0) is 41.6 Å². The van der Waals surface area contributed by atoms with Crippen LogP contribution in [0, 0.1) is 0 Å². The van der Waals surface area contributed by atoms with Crippen molar-refractivity contribution in [3.63, 3.8) is 0 Å². The highest BCUT2D eigenvalue weighted by Gasteiger charge is 2.25. The van der Waals surface area contributed by atoms with E-state index < -0.39 is 5.25 Å². The van der Waals surface area contributed by atoms with Gasteiger partial charge in [0.1, 0.15) is 5.25 Å². The van der Waals surface area contributed by atoms with Gasteiger partial charge < -0.3 is 9.32 Å². The summed E-state index contributed by atoms with van der Waals surface area (Å²) in [5.74, 6) is 0.630. The van der Waals surface area contributed by atoms with Crippen molar-refractivity contribution in [1.82, 2.24) is 9.88 Å². The summed E-state index contributed by atoms with van der Waals surface area (Å²) in [7, 11) is 3.49. The van der Waals surface area contributed by atoms with Crippen LogP contribution >= 0.6 is 23.4 Å². The van der Waals surface area contributed by atoms with Gasteiger partial charge in [-0.3, -0.25) is 4.79 Å². The van der Waals surface area contributed by atoms with Crippen LogP contribution in [0.25, 0.3) is 11.3 Å². The van der Waals surface area contributed by atoms with Crippen molar-refractivity contribution >= 4 is 29.3 Å². The minimum atomic E-state index is -0.409. The average molecular weight is 373 g/mol. The van der Waals surface area contributed by atoms with Crippen molar-refractivity contribution in [2.45, 2.75) is 10.5 Å². The molecule has 0 N–H and O–H groups in total. The largest absolute Gasteiger partial charge is 0.431 e. The molecule has 0 radical (unpaired) electrons. The molecule has 1 aromatic heterocycles. The van der Waals surface area contributed by atoms with E-state index in [4.69, 9.17) is 16.0 Å². The summed E-state index contributed by atoms with van der Waals surface area (Å²) < 4.78 is 5.83. The van der Waals surface area contributed by atoms with E-state index in [-0.39, 0.29) is 5.91 Å². The molecule has 0 bridgehead atoms. The zero-order chi connectivity index (χ0) is 17.8. The summed E-state index contributed by atoms with van der Waals surface area (Å²) >= 11 is 7.21. The van der Waals surface area contributed by atoms with Crippen LogP contribution in [-0.4, -0.2) is 29.9 Å². The SMILES string of the molecule is CN(C)C(=O)[C@@H](Sc1ncc(-c2ccc(Cl)cc2)o1)c1ccccc1. The predicted molar refractivity (Wildman–Crippen MR) is 101 cm³/mol. The molecule has 3 aromatic rings. The Balaban J connectivity index is 1.85. The van der Waals surface area contributed by atoms with Crippen LogP contribution in [0.3, 0.4) is 0 Å². The molecule has 1 heterocycles. The lowest BCUT2D eigenvalue weighted by molar-refractivity contribution is -0.128. The van der Waals surface area contributed by atoms with Gasteiger partial charge in [-0.2, -0.15) is 0 Å². The van der Waals surface area contributed by atoms with Gasteiger partial charge in [0, 0.05) is 24.7 Å². The Morgan fingerprint density at radius 3 is 2.44 bits per heavy atom. The summed E-state index contributed by atoms with van der Waals surface area (Å²) in [6.07, 6.45) is 1.66. The van der Waals surface area contributed by atoms with E-state index in [0.29, 0.717) is 16.0 Å². The molecule has 0 saturated heterocycles. The maximum absolute atomic E-state index is 12.6. The van der Waals surface area contributed by atoms with Crippen molar-refractivity contribution in [2.75, 3.05) is 14.1 Å². The van der Waals surface area contributed by atoms with Crippen LogP contribution in [-0.2, 0) is 4.79 Å². The lowest BCUT2D eigenvalue weighted by Gasteiger charge is -2.19. The third-order valence-electron chi connectivity index (χ3n) is 3.60. The molecule has 1 amide bonds. The maximum atomic E-state index is 12.6. The van der Waals surface area contributed by atoms with Crippen LogP contribution < -0.4 is 0 Å². The first-order valence-electron chi connectivity index (χ1n) is 7.69. The molecule has 0 fully saturated rings. The quantitative estimate of drug-likeness (QED) is 0.596. The van der Waals surface area contributed by atoms with Crippen molar-refractivity contribution in [1.29, 1.82) is 0 Å². The number of oxazole rings is 1. The van der Waals surface area contributed by atoms with E-state index in [0.717, 1.165) is 11.1 Å². The number of likely N-dealkylation sites (N-methyl/N-ethyl adjacent to an activating group) is 1. The Morgan fingerprint density at radius 2 is 1.80 bits per heavy atom. The van der Waals surface area contributed by atoms with Crippen LogP contribution in [0.15, 0.2) is 70.4 Å². The minimum absolute atomic E-state index is 0.0116. The number of aromatic nitrogens is 1. The Morgan fingerprint density at radius 1 is 1.12 bits per heavy atom. The highest BCUT2D eigenvalue weighted by molar-refractivity contribution is 8.00. The van der Waals surface area contributed by atoms with Gasteiger partial charge in [-0.25, -0.2) is 4.98 Å². The molecule has 0 aliphatic carbocycles. The Bertz CT molecular complexity index is 847. The summed E-state index contributed by atoms with van der Waals surface area (Å²) in [5.41, 5.74) is 1.80. The minimum Gasteiger partial charge on any atom is -0.431 e. The highest BCUT2D eigenvalue weighted by Crippen LogP contribution is 2.37. The van der Waals surface area contributed by atoms with E-state index in [1.807, 2.05) is 42.5 Å². The molecule has 4 nitrogen and oxygen atoms in total. The zero-order valence-electron chi connectivity index (χ0n) is 13.8. The van der Waals surface area contributed by atoms with Gasteiger partial charge in [0.15, 0.2) is 5.76 Å². The molecule has 0 spiro atoms. The van der Waals surface area contributed by atoms with Gasteiger partial charge in [-0.15, -0.1) is 0 Å². The van der Waals surface area contributed by atoms with Crippen LogP contribution in [0.5, 0.6) is 0 Å². The average Bonchev–Trinajstić information content (AvgIpc) is 3.09. The Kier molecular flexibility index (Phi) is 5.46. The fourth-order valence-electron chi connectivity index (χ4n) is 2.28. The first-order chi connectivity index (χ1) is 12.0. The molecule has 0 aliphatic rings.